The Balaban J connectivity index is 1.95. The molecule has 2 heterocycles. The SMILES string of the molecule is ClCc1cc(Br)cnc1N1CCOc2ccccc2C1. The van der Waals surface area contributed by atoms with E-state index in [0.29, 0.717) is 12.5 Å². The van der Waals surface area contributed by atoms with Gasteiger partial charge < -0.3 is 9.64 Å². The third kappa shape index (κ3) is 2.76. The van der Waals surface area contributed by atoms with Gasteiger partial charge in [-0.25, -0.2) is 4.98 Å². The number of para-hydroxylation sites is 1. The zero-order valence-corrected chi connectivity index (χ0v) is 13.2. The van der Waals surface area contributed by atoms with Crippen molar-refractivity contribution in [2.75, 3.05) is 18.1 Å². The first-order valence-electron chi connectivity index (χ1n) is 6.44. The van der Waals surface area contributed by atoms with Crippen molar-refractivity contribution in [2.45, 2.75) is 12.4 Å². The van der Waals surface area contributed by atoms with Crippen molar-refractivity contribution >= 4 is 33.3 Å². The molecule has 0 bridgehead atoms. The molecular weight excluding hydrogens is 340 g/mol. The molecule has 3 nitrogen and oxygen atoms in total. The predicted molar refractivity (Wildman–Crippen MR) is 84.5 cm³/mol. The summed E-state index contributed by atoms with van der Waals surface area (Å²) in [6, 6.07) is 10.1. The van der Waals surface area contributed by atoms with E-state index < -0.39 is 0 Å². The van der Waals surface area contributed by atoms with E-state index in [2.05, 4.69) is 31.9 Å². The third-order valence-electron chi connectivity index (χ3n) is 3.31. The minimum Gasteiger partial charge on any atom is -0.491 e. The monoisotopic (exact) mass is 352 g/mol. The van der Waals surface area contributed by atoms with Crippen molar-refractivity contribution in [3.8, 4) is 5.75 Å². The second-order valence-corrected chi connectivity index (χ2v) is 5.83. The fourth-order valence-electron chi connectivity index (χ4n) is 2.36. The molecule has 0 atom stereocenters. The highest BCUT2D eigenvalue weighted by atomic mass is 79.9. The van der Waals surface area contributed by atoms with E-state index in [1.54, 1.807) is 0 Å². The van der Waals surface area contributed by atoms with Crippen LogP contribution in [0, 0.1) is 0 Å². The highest BCUT2D eigenvalue weighted by Crippen LogP contribution is 2.28. The van der Waals surface area contributed by atoms with Gasteiger partial charge in [0.15, 0.2) is 0 Å². The summed E-state index contributed by atoms with van der Waals surface area (Å²) in [5, 5.41) is 0. The van der Waals surface area contributed by atoms with Crippen LogP contribution in [0.1, 0.15) is 11.1 Å². The maximum Gasteiger partial charge on any atom is 0.133 e. The summed E-state index contributed by atoms with van der Waals surface area (Å²) in [5.74, 6) is 2.34. The standard InChI is InChI=1S/C15H14BrClN2O/c16-13-7-12(8-17)15(18-9-13)19-5-6-20-14-4-2-1-3-11(14)10-19/h1-4,7,9H,5-6,8,10H2. The van der Waals surface area contributed by atoms with E-state index in [1.807, 2.05) is 30.5 Å². The lowest BCUT2D eigenvalue weighted by atomic mass is 10.2. The molecule has 1 aliphatic heterocycles. The van der Waals surface area contributed by atoms with Crippen LogP contribution in [0.25, 0.3) is 0 Å². The minimum atomic E-state index is 0.445. The molecule has 0 saturated carbocycles. The van der Waals surface area contributed by atoms with Gasteiger partial charge in [0.1, 0.15) is 18.2 Å². The molecule has 0 aliphatic carbocycles. The first-order chi connectivity index (χ1) is 9.78. The van der Waals surface area contributed by atoms with Crippen LogP contribution >= 0.6 is 27.5 Å². The zero-order valence-electron chi connectivity index (χ0n) is 10.9. The number of anilines is 1. The zero-order chi connectivity index (χ0) is 13.9. The summed E-state index contributed by atoms with van der Waals surface area (Å²) < 4.78 is 6.73. The number of hydrogen-bond acceptors (Lipinski definition) is 3. The van der Waals surface area contributed by atoms with Crippen LogP contribution in [-0.4, -0.2) is 18.1 Å². The second kappa shape index (κ2) is 6.02. The second-order valence-electron chi connectivity index (χ2n) is 4.65. The number of fused-ring (bicyclic) bond motifs is 1. The number of halogens is 2. The molecule has 0 amide bonds. The quantitative estimate of drug-likeness (QED) is 0.764. The molecule has 3 rings (SSSR count). The minimum absolute atomic E-state index is 0.445. The summed E-state index contributed by atoms with van der Waals surface area (Å²) in [6.07, 6.45) is 1.81. The molecule has 0 fully saturated rings. The topological polar surface area (TPSA) is 25.4 Å². The first-order valence-corrected chi connectivity index (χ1v) is 7.76. The van der Waals surface area contributed by atoms with Gasteiger partial charge in [-0.3, -0.25) is 0 Å². The van der Waals surface area contributed by atoms with Gasteiger partial charge in [-0.05, 0) is 28.1 Å². The summed E-state index contributed by atoms with van der Waals surface area (Å²) in [7, 11) is 0. The average Bonchev–Trinajstić information content (AvgIpc) is 2.69. The van der Waals surface area contributed by atoms with Gasteiger partial charge in [0.25, 0.3) is 0 Å². The van der Waals surface area contributed by atoms with E-state index in [0.717, 1.165) is 34.7 Å². The Morgan fingerprint density at radius 2 is 2.20 bits per heavy atom. The number of nitrogens with zero attached hydrogens (tertiary/aromatic N) is 2. The van der Waals surface area contributed by atoms with Crippen LogP contribution in [0.4, 0.5) is 5.82 Å². The molecule has 5 heteroatoms. The van der Waals surface area contributed by atoms with Crippen LogP contribution in [0.2, 0.25) is 0 Å². The normalized spacial score (nSPS) is 14.4. The van der Waals surface area contributed by atoms with Crippen LogP contribution in [0.3, 0.4) is 0 Å². The Kier molecular flexibility index (Phi) is 4.13. The smallest absolute Gasteiger partial charge is 0.133 e. The Morgan fingerprint density at radius 3 is 3.05 bits per heavy atom. The number of alkyl halides is 1. The molecule has 104 valence electrons. The van der Waals surface area contributed by atoms with Crippen molar-refractivity contribution in [3.63, 3.8) is 0 Å². The molecule has 1 aromatic heterocycles. The maximum atomic E-state index is 6.05. The van der Waals surface area contributed by atoms with Gasteiger partial charge in [0.2, 0.25) is 0 Å². The van der Waals surface area contributed by atoms with Crippen LogP contribution in [0.5, 0.6) is 5.75 Å². The Bertz CT molecular complexity index is 621. The average molecular weight is 354 g/mol. The van der Waals surface area contributed by atoms with E-state index >= 15 is 0 Å². The van der Waals surface area contributed by atoms with Gasteiger partial charge in [-0.1, -0.05) is 18.2 Å². The van der Waals surface area contributed by atoms with Gasteiger partial charge >= 0.3 is 0 Å². The van der Waals surface area contributed by atoms with Crippen LogP contribution in [0.15, 0.2) is 41.0 Å². The van der Waals surface area contributed by atoms with Gasteiger partial charge in [0.05, 0.1) is 12.4 Å². The van der Waals surface area contributed by atoms with Gasteiger partial charge in [-0.15, -0.1) is 11.6 Å². The summed E-state index contributed by atoms with van der Waals surface area (Å²) in [6.45, 7) is 2.23. The first kappa shape index (κ1) is 13.7. The number of pyridine rings is 1. The van der Waals surface area contributed by atoms with Crippen molar-refractivity contribution in [2.24, 2.45) is 0 Å². The fraction of sp³-hybridized carbons (Fsp3) is 0.267. The molecular formula is C15H14BrClN2O. The van der Waals surface area contributed by atoms with E-state index in [-0.39, 0.29) is 0 Å². The number of hydrogen-bond donors (Lipinski definition) is 0. The van der Waals surface area contributed by atoms with Crippen molar-refractivity contribution in [1.29, 1.82) is 0 Å². The molecule has 0 spiro atoms. The van der Waals surface area contributed by atoms with Crippen molar-refractivity contribution < 1.29 is 4.74 Å². The fourth-order valence-corrected chi connectivity index (χ4v) is 2.94. The molecule has 0 radical (unpaired) electrons. The maximum absolute atomic E-state index is 6.05. The van der Waals surface area contributed by atoms with Crippen molar-refractivity contribution in [1.82, 2.24) is 4.98 Å². The predicted octanol–water partition coefficient (Wildman–Crippen LogP) is 3.98. The number of benzene rings is 1. The third-order valence-corrected chi connectivity index (χ3v) is 4.03. The highest BCUT2D eigenvalue weighted by Gasteiger charge is 2.18. The molecule has 20 heavy (non-hydrogen) atoms. The summed E-state index contributed by atoms with van der Waals surface area (Å²) in [4.78, 5) is 6.74. The van der Waals surface area contributed by atoms with Crippen LogP contribution in [-0.2, 0) is 12.4 Å². The largest absolute Gasteiger partial charge is 0.491 e. The number of ether oxygens (including phenoxy) is 1. The lowest BCUT2D eigenvalue weighted by molar-refractivity contribution is 0.331. The van der Waals surface area contributed by atoms with E-state index in [1.165, 1.54) is 5.56 Å². The van der Waals surface area contributed by atoms with Gasteiger partial charge in [0, 0.05) is 28.3 Å². The van der Waals surface area contributed by atoms with Crippen LogP contribution < -0.4 is 9.64 Å². The van der Waals surface area contributed by atoms with E-state index in [4.69, 9.17) is 16.3 Å². The molecule has 1 aromatic carbocycles. The lowest BCUT2D eigenvalue weighted by Gasteiger charge is -2.23. The Hall–Kier alpha value is -1.26. The molecule has 1 aliphatic rings. The summed E-state index contributed by atoms with van der Waals surface area (Å²) >= 11 is 9.48. The molecule has 0 N–H and O–H groups in total. The molecule has 2 aromatic rings. The lowest BCUT2D eigenvalue weighted by Crippen LogP contribution is -2.27. The number of rotatable bonds is 2. The number of aromatic nitrogens is 1. The summed E-state index contributed by atoms with van der Waals surface area (Å²) in [5.41, 5.74) is 2.20. The Labute approximate surface area is 131 Å². The molecule has 0 unspecified atom stereocenters. The van der Waals surface area contributed by atoms with Gasteiger partial charge in [-0.2, -0.15) is 0 Å². The van der Waals surface area contributed by atoms with E-state index in [9.17, 15) is 0 Å². The molecule has 0 saturated heterocycles. The van der Waals surface area contributed by atoms with Crippen molar-refractivity contribution in [3.05, 3.63) is 52.1 Å². The highest BCUT2D eigenvalue weighted by molar-refractivity contribution is 9.10. The Morgan fingerprint density at radius 1 is 1.35 bits per heavy atom.